The van der Waals surface area contributed by atoms with E-state index < -0.39 is 24.8 Å². The molecule has 0 aliphatic carbocycles. The average Bonchev–Trinajstić information content (AvgIpc) is 3.64. The summed E-state index contributed by atoms with van der Waals surface area (Å²) in [6.45, 7) is 14.3. The highest BCUT2D eigenvalue weighted by atomic mass is 79.9. The summed E-state index contributed by atoms with van der Waals surface area (Å²) in [7, 11) is -1.05. The number of oxazole rings is 1. The summed E-state index contributed by atoms with van der Waals surface area (Å²) in [6, 6.07) is 17.5. The van der Waals surface area contributed by atoms with Crippen LogP contribution in [0, 0.1) is 6.92 Å². The maximum Gasteiger partial charge on any atom is 0.420 e. The zero-order valence-corrected chi connectivity index (χ0v) is 40.5. The predicted octanol–water partition coefficient (Wildman–Crippen LogP) is 7.12. The highest BCUT2D eigenvalue weighted by Crippen LogP contribution is 2.42. The molecule has 16 nitrogen and oxygen atoms in total. The SMILES string of the molecule is CCc1cc(Nc2ncc(Br)c(Nc3ccc4nc(C)ccc4c3P(C)(C)=O)n2)c(OC)cc1N1CCC(N2CCN(CCc3cccc4c3oc(=O)n4C3CCC(=O)NC3=O)CC2)CC1. The average molecular weight is 980 g/mol. The lowest BCUT2D eigenvalue weighted by Gasteiger charge is -2.43. The molecular formula is C48H56BrN10O6P. The van der Waals surface area contributed by atoms with Gasteiger partial charge in [-0.2, -0.15) is 4.98 Å². The Morgan fingerprint density at radius 2 is 1.71 bits per heavy atom. The van der Waals surface area contributed by atoms with Gasteiger partial charge < -0.3 is 34.2 Å². The number of carbonyl (C=O) groups excluding carboxylic acids is 2. The quantitative estimate of drug-likeness (QED) is 0.0787. The molecule has 3 saturated heterocycles. The van der Waals surface area contributed by atoms with E-state index in [0.717, 1.165) is 105 Å². The molecule has 6 heterocycles. The summed E-state index contributed by atoms with van der Waals surface area (Å²) in [6.07, 6.45) is 5.85. The lowest BCUT2D eigenvalue weighted by molar-refractivity contribution is -0.135. The number of anilines is 5. The standard InChI is InChI=1S/C48H56BrN10O6P/c1-6-30-26-37(53-47-50-28-34(49)45(55-47)52-36-13-12-35-33(11-10-29(2)51-35)44(36)66(4,5)63)41(64-3)27-40(30)58-20-17-32(18-21-58)57-24-22-56(23-25-57)19-16-31-8-7-9-38-43(31)65-48(62)59(38)39-14-15-42(60)54-46(39)61/h7-13,26-28,32,39H,6,14-25H2,1-5H3,(H,54,60,61)(H2,50,52,53,55). The minimum absolute atomic E-state index is 0.188. The van der Waals surface area contributed by atoms with Crippen molar-refractivity contribution in [3.8, 4) is 5.75 Å². The van der Waals surface area contributed by atoms with Crippen LogP contribution < -0.4 is 36.6 Å². The molecule has 0 spiro atoms. The van der Waals surface area contributed by atoms with Crippen molar-refractivity contribution in [2.45, 2.75) is 64.5 Å². The van der Waals surface area contributed by atoms with Crippen molar-refractivity contribution in [1.82, 2.24) is 34.6 Å². The summed E-state index contributed by atoms with van der Waals surface area (Å²) < 4.78 is 27.4. The second-order valence-electron chi connectivity index (χ2n) is 17.8. The number of carbonyl (C=O) groups is 2. The highest BCUT2D eigenvalue weighted by molar-refractivity contribution is 9.10. The van der Waals surface area contributed by atoms with Crippen molar-refractivity contribution in [3.63, 3.8) is 0 Å². The molecule has 2 amide bonds. The Bertz CT molecular complexity index is 2940. The van der Waals surface area contributed by atoms with Gasteiger partial charge in [0.15, 0.2) is 5.58 Å². The number of piperazine rings is 1. The first-order chi connectivity index (χ1) is 31.8. The van der Waals surface area contributed by atoms with E-state index in [1.54, 1.807) is 32.7 Å². The maximum absolute atomic E-state index is 13.7. The third-order valence-electron chi connectivity index (χ3n) is 13.2. The third kappa shape index (κ3) is 9.35. The second-order valence-corrected chi connectivity index (χ2v) is 21.8. The first-order valence-electron chi connectivity index (χ1n) is 22.7. The minimum atomic E-state index is -2.73. The number of amides is 2. The molecular weight excluding hydrogens is 923 g/mol. The van der Waals surface area contributed by atoms with Crippen molar-refractivity contribution in [2.75, 3.05) is 81.8 Å². The Hall–Kier alpha value is -5.61. The molecule has 6 aromatic rings. The lowest BCUT2D eigenvalue weighted by Crippen LogP contribution is -2.53. The van der Waals surface area contributed by atoms with Crippen LogP contribution in [0.1, 0.15) is 55.5 Å². The van der Waals surface area contributed by atoms with Gasteiger partial charge >= 0.3 is 5.76 Å². The third-order valence-corrected chi connectivity index (χ3v) is 15.4. The number of benzene rings is 3. The molecule has 1 unspecified atom stereocenters. The maximum atomic E-state index is 13.7. The number of nitrogens with one attached hydrogen (secondary N) is 3. The Morgan fingerprint density at radius 3 is 2.44 bits per heavy atom. The Labute approximate surface area is 392 Å². The van der Waals surface area contributed by atoms with Gasteiger partial charge in [0, 0.05) is 92.6 Å². The van der Waals surface area contributed by atoms with Crippen LogP contribution in [-0.2, 0) is 27.0 Å². The molecule has 0 saturated carbocycles. The molecule has 3 aliphatic heterocycles. The van der Waals surface area contributed by atoms with Gasteiger partial charge in [0.1, 0.15) is 24.8 Å². The van der Waals surface area contributed by atoms with Crippen LogP contribution in [0.2, 0.25) is 0 Å². The second kappa shape index (κ2) is 18.9. The number of piperidine rings is 2. The number of hydrogen-bond donors (Lipinski definition) is 3. The number of halogens is 1. The first-order valence-corrected chi connectivity index (χ1v) is 26.1. The number of para-hydroxylation sites is 1. The Kier molecular flexibility index (Phi) is 13.1. The zero-order valence-electron chi connectivity index (χ0n) is 38.0. The molecule has 346 valence electrons. The van der Waals surface area contributed by atoms with Crippen molar-refractivity contribution in [1.29, 1.82) is 0 Å². The first kappa shape index (κ1) is 45.5. The fourth-order valence-electron chi connectivity index (χ4n) is 9.83. The summed E-state index contributed by atoms with van der Waals surface area (Å²) in [5, 5.41) is 10.8. The van der Waals surface area contributed by atoms with Gasteiger partial charge in [-0.3, -0.25) is 29.4 Å². The smallest absolute Gasteiger partial charge is 0.420 e. The molecule has 66 heavy (non-hydrogen) atoms. The number of fused-ring (bicyclic) bond motifs is 2. The number of imide groups is 1. The van der Waals surface area contributed by atoms with Gasteiger partial charge in [0.25, 0.3) is 0 Å². The van der Waals surface area contributed by atoms with E-state index in [1.165, 1.54) is 15.8 Å². The summed E-state index contributed by atoms with van der Waals surface area (Å²) in [5.41, 5.74) is 7.59. The molecule has 0 bridgehead atoms. The summed E-state index contributed by atoms with van der Waals surface area (Å²) in [5.74, 6) is 0.254. The van der Waals surface area contributed by atoms with Gasteiger partial charge in [-0.1, -0.05) is 25.1 Å². The molecule has 3 N–H and O–H groups in total. The Morgan fingerprint density at radius 1 is 0.924 bits per heavy atom. The number of nitrogens with zero attached hydrogens (tertiary/aromatic N) is 7. The molecule has 3 aromatic heterocycles. The Balaban J connectivity index is 0.815. The minimum Gasteiger partial charge on any atom is -0.494 e. The molecule has 3 aliphatic rings. The van der Waals surface area contributed by atoms with Gasteiger partial charge in [0.05, 0.1) is 34.0 Å². The van der Waals surface area contributed by atoms with E-state index in [1.807, 2.05) is 43.3 Å². The fraction of sp³-hybridized carbons (Fsp3) is 0.417. The van der Waals surface area contributed by atoms with Gasteiger partial charge in [-0.25, -0.2) is 9.78 Å². The summed E-state index contributed by atoms with van der Waals surface area (Å²) >= 11 is 3.62. The number of aromatic nitrogens is 4. The van der Waals surface area contributed by atoms with E-state index in [9.17, 15) is 18.9 Å². The molecule has 18 heteroatoms. The van der Waals surface area contributed by atoms with Crippen LogP contribution in [0.15, 0.2) is 74.5 Å². The normalized spacial score (nSPS) is 18.0. The number of aryl methyl sites for hydroxylation is 2. The number of methoxy groups -OCH3 is 1. The van der Waals surface area contributed by atoms with Gasteiger partial charge in [-0.05, 0) is 110 Å². The van der Waals surface area contributed by atoms with E-state index in [-0.39, 0.29) is 18.7 Å². The zero-order chi connectivity index (χ0) is 46.3. The monoisotopic (exact) mass is 978 g/mol. The number of ether oxygens (including phenoxy) is 1. The molecule has 1 atom stereocenters. The van der Waals surface area contributed by atoms with Crippen molar-refractivity contribution in [2.24, 2.45) is 0 Å². The van der Waals surface area contributed by atoms with E-state index in [0.29, 0.717) is 44.8 Å². The van der Waals surface area contributed by atoms with Crippen LogP contribution in [0.25, 0.3) is 22.0 Å². The largest absolute Gasteiger partial charge is 0.494 e. The predicted molar refractivity (Wildman–Crippen MR) is 263 cm³/mol. The van der Waals surface area contributed by atoms with Crippen LogP contribution in [0.3, 0.4) is 0 Å². The van der Waals surface area contributed by atoms with Crippen molar-refractivity contribution < 1.29 is 23.3 Å². The topological polar surface area (TPSA) is 180 Å². The van der Waals surface area contributed by atoms with Crippen LogP contribution in [-0.4, -0.2) is 113 Å². The van der Waals surface area contributed by atoms with Crippen molar-refractivity contribution in [3.05, 3.63) is 92.6 Å². The van der Waals surface area contributed by atoms with Crippen molar-refractivity contribution >= 4 is 91.0 Å². The van der Waals surface area contributed by atoms with Gasteiger partial charge in [-0.15, -0.1) is 0 Å². The molecule has 3 fully saturated rings. The fourth-order valence-corrected chi connectivity index (χ4v) is 11.6. The van der Waals surface area contributed by atoms with E-state index >= 15 is 0 Å². The van der Waals surface area contributed by atoms with E-state index in [2.05, 4.69) is 75.6 Å². The lowest BCUT2D eigenvalue weighted by atomic mass is 9.99. The molecule has 0 radical (unpaired) electrons. The number of hydrogen-bond acceptors (Lipinski definition) is 14. The van der Waals surface area contributed by atoms with Gasteiger partial charge in [0.2, 0.25) is 17.8 Å². The van der Waals surface area contributed by atoms with Crippen LogP contribution in [0.4, 0.5) is 28.8 Å². The molecule has 9 rings (SSSR count). The van der Waals surface area contributed by atoms with Crippen LogP contribution >= 0.6 is 23.1 Å². The summed E-state index contributed by atoms with van der Waals surface area (Å²) in [4.78, 5) is 59.0. The van der Waals surface area contributed by atoms with E-state index in [4.69, 9.17) is 14.1 Å². The number of pyridine rings is 1. The molecule has 3 aromatic carbocycles. The van der Waals surface area contributed by atoms with Crippen LogP contribution in [0.5, 0.6) is 5.75 Å². The highest BCUT2D eigenvalue weighted by Gasteiger charge is 2.33. The number of rotatable bonds is 13.